The number of pyridine rings is 1. The monoisotopic (exact) mass is 352 g/mol. The topological polar surface area (TPSA) is 42.3 Å². The maximum absolute atomic E-state index is 11.5. The van der Waals surface area contributed by atoms with Crippen molar-refractivity contribution in [1.29, 1.82) is 0 Å². The molecule has 1 aliphatic heterocycles. The van der Waals surface area contributed by atoms with Crippen molar-refractivity contribution in [2.24, 2.45) is 4.99 Å². The molecule has 0 saturated carbocycles. The van der Waals surface area contributed by atoms with Crippen molar-refractivity contribution in [3.05, 3.63) is 101 Å². The molecule has 2 aromatic carbocycles. The first-order chi connectivity index (χ1) is 13.1. The van der Waals surface area contributed by atoms with Gasteiger partial charge in [-0.05, 0) is 42.7 Å². The molecule has 0 unspecified atom stereocenters. The van der Waals surface area contributed by atoms with Crippen molar-refractivity contribution in [3.8, 4) is 0 Å². The number of Topliss-reactive ketones (excluding diaryl/α,β-unsaturated/α-hetero) is 1. The normalized spacial score (nSPS) is 13.6. The van der Waals surface area contributed by atoms with Gasteiger partial charge in [0.2, 0.25) is 0 Å². The summed E-state index contributed by atoms with van der Waals surface area (Å²) < 4.78 is 0. The van der Waals surface area contributed by atoms with E-state index in [0.717, 1.165) is 40.1 Å². The van der Waals surface area contributed by atoms with Crippen LogP contribution >= 0.6 is 0 Å². The van der Waals surface area contributed by atoms with Gasteiger partial charge in [0.05, 0.1) is 11.4 Å². The Morgan fingerprint density at radius 2 is 1.44 bits per heavy atom. The minimum Gasteiger partial charge on any atom is -0.295 e. The van der Waals surface area contributed by atoms with Gasteiger partial charge >= 0.3 is 0 Å². The van der Waals surface area contributed by atoms with Crippen molar-refractivity contribution in [2.75, 3.05) is 0 Å². The number of aryl methyl sites for hydroxylation is 1. The maximum atomic E-state index is 11.5. The van der Waals surface area contributed by atoms with Crippen LogP contribution in [0.25, 0.3) is 11.3 Å². The van der Waals surface area contributed by atoms with Gasteiger partial charge in [0, 0.05) is 29.9 Å². The number of allylic oxidation sites excluding steroid dienone is 1. The molecule has 0 amide bonds. The van der Waals surface area contributed by atoms with Crippen LogP contribution in [0.2, 0.25) is 0 Å². The molecule has 0 spiro atoms. The first-order valence-electron chi connectivity index (χ1n) is 9.01. The standard InChI is InChI=1S/C24H20N2O/c1-16-3-5-21(6-4-16)24-22(19-11-13-25-14-12-19)15-23(26-24)20-9-7-18(8-10-20)17(2)27/h3-14H,15H2,1-2H3. The lowest BCUT2D eigenvalue weighted by Crippen LogP contribution is -1.99. The van der Waals surface area contributed by atoms with E-state index in [0.29, 0.717) is 0 Å². The Morgan fingerprint density at radius 1 is 0.815 bits per heavy atom. The van der Waals surface area contributed by atoms with Crippen molar-refractivity contribution in [2.45, 2.75) is 20.3 Å². The smallest absolute Gasteiger partial charge is 0.159 e. The lowest BCUT2D eigenvalue weighted by Gasteiger charge is -2.07. The highest BCUT2D eigenvalue weighted by molar-refractivity contribution is 6.17. The van der Waals surface area contributed by atoms with Gasteiger partial charge in [-0.3, -0.25) is 14.8 Å². The SMILES string of the molecule is CC(=O)c1ccc(C2=NC(c3ccc(C)cc3)=C(c3ccncc3)C2)cc1. The van der Waals surface area contributed by atoms with Gasteiger partial charge < -0.3 is 0 Å². The molecule has 0 atom stereocenters. The van der Waals surface area contributed by atoms with Gasteiger partial charge in [0.15, 0.2) is 5.78 Å². The third-order valence-corrected chi connectivity index (χ3v) is 4.86. The molecular formula is C24H20N2O. The summed E-state index contributed by atoms with van der Waals surface area (Å²) >= 11 is 0. The third-order valence-electron chi connectivity index (χ3n) is 4.86. The Bertz CT molecular complexity index is 1040. The second-order valence-corrected chi connectivity index (χ2v) is 6.80. The van der Waals surface area contributed by atoms with Crippen molar-refractivity contribution in [1.82, 2.24) is 4.98 Å². The van der Waals surface area contributed by atoms with Gasteiger partial charge in [-0.25, -0.2) is 0 Å². The summed E-state index contributed by atoms with van der Waals surface area (Å²) in [6, 6.07) is 20.2. The minimum atomic E-state index is 0.0749. The summed E-state index contributed by atoms with van der Waals surface area (Å²) in [5, 5.41) is 0. The van der Waals surface area contributed by atoms with E-state index in [1.54, 1.807) is 6.92 Å². The molecule has 132 valence electrons. The summed E-state index contributed by atoms with van der Waals surface area (Å²) in [7, 11) is 0. The number of nitrogens with zero attached hydrogens (tertiary/aromatic N) is 2. The number of hydrogen-bond acceptors (Lipinski definition) is 3. The van der Waals surface area contributed by atoms with Crippen LogP contribution in [-0.2, 0) is 0 Å². The Labute approximate surface area is 159 Å². The summed E-state index contributed by atoms with van der Waals surface area (Å²) in [6.45, 7) is 3.67. The Kier molecular flexibility index (Phi) is 4.51. The molecule has 1 aliphatic rings. The number of carbonyl (C=O) groups is 1. The molecule has 1 aromatic heterocycles. The number of benzene rings is 2. The Morgan fingerprint density at radius 3 is 2.07 bits per heavy atom. The van der Waals surface area contributed by atoms with E-state index in [4.69, 9.17) is 4.99 Å². The fourth-order valence-corrected chi connectivity index (χ4v) is 3.30. The Hall–Kier alpha value is -3.33. The summed E-state index contributed by atoms with van der Waals surface area (Å²) in [5.74, 6) is 0.0749. The fraction of sp³-hybridized carbons (Fsp3) is 0.125. The van der Waals surface area contributed by atoms with E-state index in [2.05, 4.69) is 36.2 Å². The second-order valence-electron chi connectivity index (χ2n) is 6.80. The van der Waals surface area contributed by atoms with E-state index < -0.39 is 0 Å². The molecule has 0 bridgehead atoms. The van der Waals surface area contributed by atoms with Gasteiger partial charge in [0.1, 0.15) is 0 Å². The van der Waals surface area contributed by atoms with Gasteiger partial charge in [0.25, 0.3) is 0 Å². The van der Waals surface area contributed by atoms with Crippen LogP contribution in [0.4, 0.5) is 0 Å². The zero-order chi connectivity index (χ0) is 18.8. The predicted octanol–water partition coefficient (Wildman–Crippen LogP) is 5.35. The molecule has 3 heteroatoms. The zero-order valence-electron chi connectivity index (χ0n) is 15.4. The number of carbonyl (C=O) groups excluding carboxylic acids is 1. The van der Waals surface area contributed by atoms with E-state index >= 15 is 0 Å². The molecule has 0 aliphatic carbocycles. The van der Waals surface area contributed by atoms with Crippen LogP contribution in [0.3, 0.4) is 0 Å². The average Bonchev–Trinajstić information content (AvgIpc) is 3.15. The van der Waals surface area contributed by atoms with Gasteiger partial charge in [-0.1, -0.05) is 54.1 Å². The van der Waals surface area contributed by atoms with Gasteiger partial charge in [-0.2, -0.15) is 0 Å². The first-order valence-corrected chi connectivity index (χ1v) is 9.01. The number of ketones is 1. The molecular weight excluding hydrogens is 332 g/mol. The van der Waals surface area contributed by atoms with Crippen molar-refractivity contribution in [3.63, 3.8) is 0 Å². The number of aliphatic imine (C=N–C) groups is 1. The maximum Gasteiger partial charge on any atom is 0.159 e. The first kappa shape index (κ1) is 17.1. The summed E-state index contributed by atoms with van der Waals surface area (Å²) in [6.07, 6.45) is 4.39. The van der Waals surface area contributed by atoms with E-state index in [1.165, 1.54) is 11.1 Å². The molecule has 0 N–H and O–H groups in total. The molecule has 0 radical (unpaired) electrons. The number of aromatic nitrogens is 1. The van der Waals surface area contributed by atoms with Crippen molar-refractivity contribution < 1.29 is 4.79 Å². The quantitative estimate of drug-likeness (QED) is 0.594. The van der Waals surface area contributed by atoms with E-state index in [1.807, 2.05) is 48.8 Å². The average molecular weight is 352 g/mol. The molecule has 0 fully saturated rings. The fourth-order valence-electron chi connectivity index (χ4n) is 3.30. The van der Waals surface area contributed by atoms with Crippen LogP contribution in [0.5, 0.6) is 0 Å². The molecule has 27 heavy (non-hydrogen) atoms. The summed E-state index contributed by atoms with van der Waals surface area (Å²) in [4.78, 5) is 20.7. The van der Waals surface area contributed by atoms with Crippen LogP contribution in [-0.4, -0.2) is 16.5 Å². The molecule has 3 aromatic rings. The van der Waals surface area contributed by atoms with Crippen LogP contribution in [0, 0.1) is 6.92 Å². The highest BCUT2D eigenvalue weighted by Crippen LogP contribution is 2.37. The zero-order valence-corrected chi connectivity index (χ0v) is 15.4. The van der Waals surface area contributed by atoms with E-state index in [-0.39, 0.29) is 5.78 Å². The number of hydrogen-bond donors (Lipinski definition) is 0. The summed E-state index contributed by atoms with van der Waals surface area (Å²) in [5.41, 5.74) is 8.48. The van der Waals surface area contributed by atoms with E-state index in [9.17, 15) is 4.79 Å². The third kappa shape index (κ3) is 3.49. The van der Waals surface area contributed by atoms with Gasteiger partial charge in [-0.15, -0.1) is 0 Å². The highest BCUT2D eigenvalue weighted by atomic mass is 16.1. The second kappa shape index (κ2) is 7.12. The molecule has 3 nitrogen and oxygen atoms in total. The lowest BCUT2D eigenvalue weighted by molar-refractivity contribution is 0.101. The van der Waals surface area contributed by atoms with Crippen LogP contribution in [0.15, 0.2) is 78.0 Å². The Balaban J connectivity index is 1.76. The molecule has 0 saturated heterocycles. The minimum absolute atomic E-state index is 0.0749. The number of rotatable bonds is 4. The lowest BCUT2D eigenvalue weighted by atomic mass is 9.96. The largest absolute Gasteiger partial charge is 0.295 e. The molecule has 4 rings (SSSR count). The van der Waals surface area contributed by atoms with Crippen LogP contribution < -0.4 is 0 Å². The van der Waals surface area contributed by atoms with Crippen LogP contribution in [0.1, 0.15) is 46.0 Å². The highest BCUT2D eigenvalue weighted by Gasteiger charge is 2.21. The predicted molar refractivity (Wildman–Crippen MR) is 110 cm³/mol. The molecule has 2 heterocycles. The van der Waals surface area contributed by atoms with Crippen molar-refractivity contribution >= 4 is 22.8 Å².